The maximum atomic E-state index is 12.5. The van der Waals surface area contributed by atoms with E-state index >= 15 is 0 Å². The van der Waals surface area contributed by atoms with Gasteiger partial charge in [0, 0.05) is 6.08 Å². The molecule has 0 radical (unpaired) electrons. The minimum atomic E-state index is -1.07. The zero-order valence-corrected chi connectivity index (χ0v) is 15.3. The fourth-order valence-corrected chi connectivity index (χ4v) is 2.46. The molecule has 0 heterocycles. The third kappa shape index (κ3) is 6.37. The summed E-state index contributed by atoms with van der Waals surface area (Å²) < 4.78 is 12.5. The van der Waals surface area contributed by atoms with E-state index in [1.807, 2.05) is 42.5 Å². The summed E-state index contributed by atoms with van der Waals surface area (Å²) in [5, 5.41) is 17.3. The van der Waals surface area contributed by atoms with Gasteiger partial charge < -0.3 is 10.2 Å². The van der Waals surface area contributed by atoms with Crippen LogP contribution in [0.5, 0.6) is 0 Å². The summed E-state index contributed by atoms with van der Waals surface area (Å²) in [6.07, 6.45) is 2.25. The van der Waals surface area contributed by atoms with Gasteiger partial charge in [-0.05, 0) is 47.0 Å². The van der Waals surface area contributed by atoms with Crippen LogP contribution < -0.4 is 0 Å². The molecule has 0 aromatic heterocycles. The van der Waals surface area contributed by atoms with Crippen molar-refractivity contribution in [2.24, 2.45) is 0 Å². The minimum absolute atomic E-state index is 0.192. The monoisotopic (exact) mass is 398 g/mol. The van der Waals surface area contributed by atoms with E-state index in [1.165, 1.54) is 18.2 Å². The number of aromatic carboxylic acids is 1. The molecule has 0 atom stereocenters. The summed E-state index contributed by atoms with van der Waals surface area (Å²) >= 11 is 5.63. The number of aliphatic carboxylic acids is 1. The molecule has 2 N–H and O–H groups in total. The van der Waals surface area contributed by atoms with Crippen LogP contribution in [-0.2, 0) is 4.79 Å². The van der Waals surface area contributed by atoms with Crippen molar-refractivity contribution in [1.82, 2.24) is 0 Å². The highest BCUT2D eigenvalue weighted by Crippen LogP contribution is 2.19. The highest BCUT2D eigenvalue weighted by Gasteiger charge is 2.02. The molecule has 0 bridgehead atoms. The average molecular weight is 399 g/mol. The van der Waals surface area contributed by atoms with Gasteiger partial charge in [0.25, 0.3) is 0 Å². The van der Waals surface area contributed by atoms with E-state index in [0.29, 0.717) is 11.1 Å². The average Bonchev–Trinajstić information content (AvgIpc) is 2.68. The first-order valence-electron chi connectivity index (χ1n) is 8.11. The Balaban J connectivity index is 0.000000203. The fourth-order valence-electron chi connectivity index (χ4n) is 2.23. The van der Waals surface area contributed by atoms with Crippen molar-refractivity contribution in [3.05, 3.63) is 101 Å². The summed E-state index contributed by atoms with van der Waals surface area (Å²) in [7, 11) is 0. The van der Waals surface area contributed by atoms with Crippen molar-refractivity contribution < 1.29 is 24.2 Å². The zero-order valence-electron chi connectivity index (χ0n) is 14.5. The van der Waals surface area contributed by atoms with Gasteiger partial charge in [-0.2, -0.15) is 0 Å². The molecular formula is C22H16ClFO4. The smallest absolute Gasteiger partial charge is 0.335 e. The highest BCUT2D eigenvalue weighted by molar-refractivity contribution is 6.32. The van der Waals surface area contributed by atoms with E-state index in [1.54, 1.807) is 12.1 Å². The summed E-state index contributed by atoms with van der Waals surface area (Å²) in [6, 6.07) is 20.5. The molecule has 28 heavy (non-hydrogen) atoms. The van der Waals surface area contributed by atoms with Crippen LogP contribution in [0.4, 0.5) is 4.39 Å². The number of carboxylic acids is 2. The molecule has 3 aromatic carbocycles. The molecular weight excluding hydrogens is 383 g/mol. The maximum absolute atomic E-state index is 12.5. The number of benzene rings is 3. The molecule has 0 aliphatic heterocycles. The van der Waals surface area contributed by atoms with E-state index in [-0.39, 0.29) is 5.02 Å². The number of hydrogen-bond donors (Lipinski definition) is 2. The van der Waals surface area contributed by atoms with Gasteiger partial charge in [-0.25, -0.2) is 14.0 Å². The Hall–Kier alpha value is -3.44. The molecule has 0 spiro atoms. The first kappa shape index (κ1) is 20.9. The lowest BCUT2D eigenvalue weighted by Crippen LogP contribution is -1.94. The number of halogens is 2. The lowest BCUT2D eigenvalue weighted by Gasteiger charge is -2.01. The van der Waals surface area contributed by atoms with E-state index in [9.17, 15) is 14.0 Å². The van der Waals surface area contributed by atoms with Crippen LogP contribution in [0, 0.1) is 5.82 Å². The van der Waals surface area contributed by atoms with Gasteiger partial charge in [-0.15, -0.1) is 0 Å². The summed E-state index contributed by atoms with van der Waals surface area (Å²) in [6.45, 7) is 0. The van der Waals surface area contributed by atoms with Crippen molar-refractivity contribution in [2.75, 3.05) is 0 Å². The third-order valence-corrected chi connectivity index (χ3v) is 3.93. The van der Waals surface area contributed by atoms with Crippen LogP contribution in [0.15, 0.2) is 78.9 Å². The maximum Gasteiger partial charge on any atom is 0.335 e. The number of carbonyl (C=O) groups is 2. The Kier molecular flexibility index (Phi) is 7.48. The third-order valence-electron chi connectivity index (χ3n) is 3.61. The van der Waals surface area contributed by atoms with Crippen molar-refractivity contribution in [3.63, 3.8) is 0 Å². The van der Waals surface area contributed by atoms with E-state index in [2.05, 4.69) is 0 Å². The Morgan fingerprint density at radius 3 is 2.00 bits per heavy atom. The second kappa shape index (κ2) is 10.0. The van der Waals surface area contributed by atoms with Gasteiger partial charge >= 0.3 is 11.9 Å². The largest absolute Gasteiger partial charge is 0.478 e. The van der Waals surface area contributed by atoms with Crippen LogP contribution in [0.1, 0.15) is 15.9 Å². The number of hydrogen-bond acceptors (Lipinski definition) is 2. The molecule has 0 aliphatic rings. The second-order valence-electron chi connectivity index (χ2n) is 5.59. The molecule has 4 nitrogen and oxygen atoms in total. The second-order valence-corrected chi connectivity index (χ2v) is 5.99. The van der Waals surface area contributed by atoms with Crippen LogP contribution in [0.3, 0.4) is 0 Å². The summed E-state index contributed by atoms with van der Waals surface area (Å²) in [5.74, 6) is -2.41. The fraction of sp³-hybridized carbons (Fsp3) is 0. The molecule has 3 rings (SSSR count). The first-order chi connectivity index (χ1) is 13.4. The quantitative estimate of drug-likeness (QED) is 0.558. The Bertz CT molecular complexity index is 983. The Morgan fingerprint density at radius 1 is 0.857 bits per heavy atom. The normalized spacial score (nSPS) is 10.2. The number of carboxylic acid groups (broad SMARTS) is 2. The van der Waals surface area contributed by atoms with Crippen LogP contribution in [-0.4, -0.2) is 22.2 Å². The first-order valence-corrected chi connectivity index (χ1v) is 8.49. The molecule has 0 unspecified atom stereocenters. The molecule has 0 saturated heterocycles. The molecule has 3 aromatic rings. The SMILES string of the molecule is O=C(O)C=Cc1ccc(F)cc1Cl.O=C(O)c1ccc(-c2ccccc2)cc1. The van der Waals surface area contributed by atoms with Crippen molar-refractivity contribution in [1.29, 1.82) is 0 Å². The molecule has 0 saturated carbocycles. The lowest BCUT2D eigenvalue weighted by molar-refractivity contribution is -0.131. The van der Waals surface area contributed by atoms with Crippen LogP contribution in [0.2, 0.25) is 5.02 Å². The zero-order chi connectivity index (χ0) is 20.5. The van der Waals surface area contributed by atoms with Gasteiger partial charge in [0.15, 0.2) is 0 Å². The molecule has 0 aliphatic carbocycles. The van der Waals surface area contributed by atoms with Crippen molar-refractivity contribution in [3.8, 4) is 11.1 Å². The molecule has 0 fully saturated rings. The lowest BCUT2D eigenvalue weighted by atomic mass is 10.0. The van der Waals surface area contributed by atoms with E-state index < -0.39 is 17.8 Å². The van der Waals surface area contributed by atoms with Gasteiger partial charge in [0.1, 0.15) is 5.82 Å². The van der Waals surface area contributed by atoms with Gasteiger partial charge in [-0.3, -0.25) is 0 Å². The molecule has 0 amide bonds. The minimum Gasteiger partial charge on any atom is -0.478 e. The highest BCUT2D eigenvalue weighted by atomic mass is 35.5. The van der Waals surface area contributed by atoms with Crippen LogP contribution >= 0.6 is 11.6 Å². The van der Waals surface area contributed by atoms with E-state index in [4.69, 9.17) is 21.8 Å². The van der Waals surface area contributed by atoms with Gasteiger partial charge in [-0.1, -0.05) is 60.1 Å². The van der Waals surface area contributed by atoms with E-state index in [0.717, 1.165) is 23.3 Å². The number of rotatable bonds is 4. The van der Waals surface area contributed by atoms with Gasteiger partial charge in [0.2, 0.25) is 0 Å². The Labute approximate surface area is 166 Å². The van der Waals surface area contributed by atoms with Crippen LogP contribution in [0.25, 0.3) is 17.2 Å². The molecule has 142 valence electrons. The molecule has 6 heteroatoms. The van der Waals surface area contributed by atoms with Crippen molar-refractivity contribution in [2.45, 2.75) is 0 Å². The van der Waals surface area contributed by atoms with Gasteiger partial charge in [0.05, 0.1) is 10.6 Å². The van der Waals surface area contributed by atoms with Crippen molar-refractivity contribution >= 4 is 29.6 Å². The predicted octanol–water partition coefficient (Wildman–Crippen LogP) is 5.63. The standard InChI is InChI=1S/C13H10O2.C9H6ClFO2/c14-13(15)12-8-6-11(7-9-12)10-4-2-1-3-5-10;10-8-5-7(11)3-1-6(8)2-4-9(12)13/h1-9H,(H,14,15);1-5H,(H,12,13). The topological polar surface area (TPSA) is 74.6 Å². The summed E-state index contributed by atoms with van der Waals surface area (Å²) in [4.78, 5) is 20.8. The summed E-state index contributed by atoms with van der Waals surface area (Å²) in [5.41, 5.74) is 2.91. The Morgan fingerprint density at radius 2 is 1.46 bits per heavy atom. The predicted molar refractivity (Wildman–Crippen MR) is 107 cm³/mol.